The highest BCUT2D eigenvalue weighted by molar-refractivity contribution is 5.85. The Labute approximate surface area is 120 Å². The molecule has 0 saturated carbocycles. The Balaban J connectivity index is 0.00000180. The molecule has 0 spiro atoms. The van der Waals surface area contributed by atoms with Gasteiger partial charge < -0.3 is 4.90 Å². The van der Waals surface area contributed by atoms with Gasteiger partial charge in [0, 0.05) is 13.0 Å². The minimum absolute atomic E-state index is 0. The van der Waals surface area contributed by atoms with Crippen LogP contribution < -0.4 is 0 Å². The molecule has 0 fully saturated rings. The molecule has 0 N–H and O–H groups in total. The summed E-state index contributed by atoms with van der Waals surface area (Å²) in [5.41, 5.74) is 1.01. The molecule has 0 bridgehead atoms. The maximum atomic E-state index is 4.11. The van der Waals surface area contributed by atoms with Gasteiger partial charge in [-0.25, -0.2) is 0 Å². The Bertz CT molecular complexity index is 467. The van der Waals surface area contributed by atoms with Crippen molar-refractivity contribution in [3.05, 3.63) is 36.2 Å². The quantitative estimate of drug-likeness (QED) is 0.812. The third kappa shape index (κ3) is 4.01. The molecule has 5 nitrogen and oxygen atoms in total. The monoisotopic (exact) mass is 281 g/mol. The smallest absolute Gasteiger partial charge is 0.157 e. The molecule has 0 aliphatic carbocycles. The Morgan fingerprint density at radius 1 is 1.11 bits per heavy atom. The summed E-state index contributed by atoms with van der Waals surface area (Å²) < 4.78 is 1.81. The van der Waals surface area contributed by atoms with Crippen molar-refractivity contribution in [1.29, 1.82) is 0 Å². The van der Waals surface area contributed by atoms with Gasteiger partial charge in [-0.2, -0.15) is 4.68 Å². The minimum Gasteiger partial charge on any atom is -0.303 e. The maximum absolute atomic E-state index is 4.11. The normalized spacial score (nSPS) is 10.5. The fourth-order valence-corrected chi connectivity index (χ4v) is 1.93. The first-order valence-electron chi connectivity index (χ1n) is 6.40. The Morgan fingerprint density at radius 3 is 2.42 bits per heavy atom. The highest BCUT2D eigenvalue weighted by atomic mass is 35.5. The van der Waals surface area contributed by atoms with Gasteiger partial charge >= 0.3 is 0 Å². The van der Waals surface area contributed by atoms with Crippen LogP contribution in [0.15, 0.2) is 30.3 Å². The predicted octanol–water partition coefficient (Wildman–Crippen LogP) is 1.97. The van der Waals surface area contributed by atoms with Crippen LogP contribution in [-0.2, 0) is 6.42 Å². The van der Waals surface area contributed by atoms with Crippen molar-refractivity contribution in [2.45, 2.75) is 20.3 Å². The summed E-state index contributed by atoms with van der Waals surface area (Å²) in [5, 5.41) is 11.9. The van der Waals surface area contributed by atoms with Gasteiger partial charge in [-0.15, -0.1) is 17.5 Å². The third-order valence-electron chi connectivity index (χ3n) is 3.08. The van der Waals surface area contributed by atoms with Crippen LogP contribution in [0.4, 0.5) is 0 Å². The zero-order valence-corrected chi connectivity index (χ0v) is 12.2. The molecular weight excluding hydrogens is 262 g/mol. The second kappa shape index (κ2) is 7.86. The molecule has 19 heavy (non-hydrogen) atoms. The third-order valence-corrected chi connectivity index (χ3v) is 3.08. The van der Waals surface area contributed by atoms with Crippen molar-refractivity contribution in [1.82, 2.24) is 25.1 Å². The van der Waals surface area contributed by atoms with Crippen LogP contribution in [0.25, 0.3) is 5.69 Å². The van der Waals surface area contributed by atoms with E-state index in [1.54, 1.807) is 0 Å². The largest absolute Gasteiger partial charge is 0.303 e. The fraction of sp³-hybridized carbons (Fsp3) is 0.462. The van der Waals surface area contributed by atoms with E-state index < -0.39 is 0 Å². The molecule has 2 rings (SSSR count). The second-order valence-corrected chi connectivity index (χ2v) is 4.12. The van der Waals surface area contributed by atoms with Gasteiger partial charge in [-0.3, -0.25) is 0 Å². The van der Waals surface area contributed by atoms with Crippen LogP contribution in [0, 0.1) is 0 Å². The van der Waals surface area contributed by atoms with Gasteiger partial charge in [0.25, 0.3) is 0 Å². The fourth-order valence-electron chi connectivity index (χ4n) is 1.93. The average molecular weight is 282 g/mol. The standard InChI is InChI=1S/C13H19N5.ClH/c1-3-17(4-2)11-10-13-14-15-16-18(13)12-8-6-5-7-9-12;/h5-9H,3-4,10-11H2,1-2H3;1H. The zero-order chi connectivity index (χ0) is 12.8. The van der Waals surface area contributed by atoms with E-state index in [2.05, 4.69) is 34.3 Å². The molecule has 0 aliphatic rings. The highest BCUT2D eigenvalue weighted by Crippen LogP contribution is 2.07. The lowest BCUT2D eigenvalue weighted by atomic mass is 10.3. The Morgan fingerprint density at radius 2 is 1.79 bits per heavy atom. The molecule has 1 heterocycles. The number of aromatic nitrogens is 4. The van der Waals surface area contributed by atoms with Crippen LogP contribution in [-0.4, -0.2) is 44.7 Å². The molecule has 104 valence electrons. The van der Waals surface area contributed by atoms with E-state index in [0.717, 1.165) is 37.6 Å². The number of halogens is 1. The van der Waals surface area contributed by atoms with Crippen LogP contribution >= 0.6 is 12.4 Å². The van der Waals surface area contributed by atoms with E-state index in [1.807, 2.05) is 35.0 Å². The van der Waals surface area contributed by atoms with Gasteiger partial charge in [0.15, 0.2) is 5.82 Å². The molecule has 0 saturated heterocycles. The molecule has 0 aliphatic heterocycles. The summed E-state index contributed by atoms with van der Waals surface area (Å²) in [7, 11) is 0. The van der Waals surface area contributed by atoms with Gasteiger partial charge in [0.2, 0.25) is 0 Å². The van der Waals surface area contributed by atoms with Crippen molar-refractivity contribution >= 4 is 12.4 Å². The summed E-state index contributed by atoms with van der Waals surface area (Å²) in [6.07, 6.45) is 0.865. The van der Waals surface area contributed by atoms with Crippen LogP contribution in [0.5, 0.6) is 0 Å². The molecule has 1 aromatic carbocycles. The van der Waals surface area contributed by atoms with Crippen LogP contribution in [0.3, 0.4) is 0 Å². The summed E-state index contributed by atoms with van der Waals surface area (Å²) in [6.45, 7) is 7.44. The highest BCUT2D eigenvalue weighted by Gasteiger charge is 2.09. The number of benzene rings is 1. The summed E-state index contributed by atoms with van der Waals surface area (Å²) in [5.74, 6) is 0.910. The van der Waals surface area contributed by atoms with E-state index in [4.69, 9.17) is 0 Å². The number of rotatable bonds is 6. The molecule has 6 heteroatoms. The van der Waals surface area contributed by atoms with Crippen LogP contribution in [0.2, 0.25) is 0 Å². The summed E-state index contributed by atoms with van der Waals surface area (Å²) >= 11 is 0. The van der Waals surface area contributed by atoms with E-state index in [9.17, 15) is 0 Å². The van der Waals surface area contributed by atoms with Gasteiger partial charge in [0.05, 0.1) is 5.69 Å². The average Bonchev–Trinajstić information content (AvgIpc) is 2.89. The van der Waals surface area contributed by atoms with Crippen molar-refractivity contribution in [2.75, 3.05) is 19.6 Å². The molecular formula is C13H20ClN5. The van der Waals surface area contributed by atoms with Crippen molar-refractivity contribution in [3.63, 3.8) is 0 Å². The number of para-hydroxylation sites is 1. The van der Waals surface area contributed by atoms with Crippen molar-refractivity contribution < 1.29 is 0 Å². The number of likely N-dealkylation sites (N-methyl/N-ethyl adjacent to an activating group) is 1. The summed E-state index contributed by atoms with van der Waals surface area (Å²) in [6, 6.07) is 9.99. The number of tetrazole rings is 1. The predicted molar refractivity (Wildman–Crippen MR) is 77.9 cm³/mol. The SMILES string of the molecule is CCN(CC)CCc1nnnn1-c1ccccc1.Cl. The van der Waals surface area contributed by atoms with Crippen molar-refractivity contribution in [2.24, 2.45) is 0 Å². The summed E-state index contributed by atoms with van der Waals surface area (Å²) in [4.78, 5) is 2.37. The molecule has 1 aromatic heterocycles. The zero-order valence-electron chi connectivity index (χ0n) is 11.4. The first kappa shape index (κ1) is 15.6. The molecule has 0 amide bonds. The Kier molecular flexibility index (Phi) is 6.45. The molecule has 2 aromatic rings. The first-order valence-corrected chi connectivity index (χ1v) is 6.40. The molecule has 0 radical (unpaired) electrons. The maximum Gasteiger partial charge on any atom is 0.157 e. The van der Waals surface area contributed by atoms with E-state index in [0.29, 0.717) is 0 Å². The molecule has 0 unspecified atom stereocenters. The number of hydrogen-bond donors (Lipinski definition) is 0. The molecule has 0 atom stereocenters. The number of hydrogen-bond acceptors (Lipinski definition) is 4. The van der Waals surface area contributed by atoms with Gasteiger partial charge in [-0.1, -0.05) is 32.0 Å². The topological polar surface area (TPSA) is 46.8 Å². The lowest BCUT2D eigenvalue weighted by molar-refractivity contribution is 0.305. The van der Waals surface area contributed by atoms with Crippen LogP contribution in [0.1, 0.15) is 19.7 Å². The van der Waals surface area contributed by atoms with E-state index in [1.165, 1.54) is 0 Å². The number of nitrogens with zero attached hydrogens (tertiary/aromatic N) is 5. The van der Waals surface area contributed by atoms with E-state index >= 15 is 0 Å². The van der Waals surface area contributed by atoms with Gasteiger partial charge in [-0.05, 0) is 35.6 Å². The Hall–Kier alpha value is -1.46. The second-order valence-electron chi connectivity index (χ2n) is 4.12. The van der Waals surface area contributed by atoms with Crippen molar-refractivity contribution in [3.8, 4) is 5.69 Å². The lowest BCUT2D eigenvalue weighted by Crippen LogP contribution is -2.26. The lowest BCUT2D eigenvalue weighted by Gasteiger charge is -2.17. The first-order chi connectivity index (χ1) is 8.85. The van der Waals surface area contributed by atoms with Gasteiger partial charge in [0.1, 0.15) is 0 Å². The minimum atomic E-state index is 0. The van der Waals surface area contributed by atoms with E-state index in [-0.39, 0.29) is 12.4 Å².